The van der Waals surface area contributed by atoms with Crippen LogP contribution in [-0.4, -0.2) is 44.1 Å². The topological polar surface area (TPSA) is 60.5 Å². The quantitative estimate of drug-likeness (QED) is 0.694. The summed E-state index contributed by atoms with van der Waals surface area (Å²) < 4.78 is 0. The van der Waals surface area contributed by atoms with Crippen molar-refractivity contribution in [1.29, 1.82) is 0 Å². The summed E-state index contributed by atoms with van der Waals surface area (Å²) in [5.41, 5.74) is 3.33. The summed E-state index contributed by atoms with van der Waals surface area (Å²) in [6.07, 6.45) is 0. The molecule has 3 aromatic rings. The number of nitrogens with zero attached hydrogens (tertiary/aromatic N) is 3. The minimum atomic E-state index is -0.188. The van der Waals surface area contributed by atoms with Gasteiger partial charge in [0.05, 0.1) is 11.4 Å². The fourth-order valence-corrected chi connectivity index (χ4v) is 4.02. The van der Waals surface area contributed by atoms with E-state index >= 15 is 0 Å². The molecule has 2 aromatic carbocycles. The highest BCUT2D eigenvalue weighted by molar-refractivity contribution is 7.14. The van der Waals surface area contributed by atoms with Crippen molar-refractivity contribution >= 4 is 39.4 Å². The second-order valence-corrected chi connectivity index (χ2v) is 7.45. The molecule has 1 fully saturated rings. The maximum atomic E-state index is 12.8. The molecule has 0 radical (unpaired) electrons. The van der Waals surface area contributed by atoms with Gasteiger partial charge in [0.1, 0.15) is 5.69 Å². The summed E-state index contributed by atoms with van der Waals surface area (Å²) in [6, 6.07) is 17.9. The molecule has 28 heavy (non-hydrogen) atoms. The van der Waals surface area contributed by atoms with Crippen LogP contribution in [0.15, 0.2) is 60.0 Å². The lowest BCUT2D eigenvalue weighted by molar-refractivity contribution is 0.102. The number of benzene rings is 2. The highest BCUT2D eigenvalue weighted by atomic mass is 32.1. The Kier molecular flexibility index (Phi) is 5.55. The Morgan fingerprint density at radius 2 is 1.82 bits per heavy atom. The maximum Gasteiger partial charge on any atom is 0.275 e. The Morgan fingerprint density at radius 1 is 1.11 bits per heavy atom. The molecule has 144 valence electrons. The van der Waals surface area contributed by atoms with E-state index in [-0.39, 0.29) is 5.91 Å². The van der Waals surface area contributed by atoms with Gasteiger partial charge in [0.2, 0.25) is 0 Å². The lowest BCUT2D eigenvalue weighted by Gasteiger charge is -2.31. The molecule has 2 heterocycles. The van der Waals surface area contributed by atoms with Crippen LogP contribution in [0.1, 0.15) is 10.5 Å². The molecular weight excluding hydrogens is 370 g/mol. The SMILES string of the molecule is CN(c1ccccc1)c1nc(C(=O)Nc2ccccc2N2CCNCC2)cs1. The van der Waals surface area contributed by atoms with Crippen molar-refractivity contribution in [3.8, 4) is 0 Å². The van der Waals surface area contributed by atoms with Gasteiger partial charge in [-0.2, -0.15) is 0 Å². The first-order valence-corrected chi connectivity index (χ1v) is 10.2. The standard InChI is InChI=1S/C21H23N5OS/c1-25(16-7-3-2-4-8-16)21-24-18(15-28-21)20(27)23-17-9-5-6-10-19(17)26-13-11-22-12-14-26/h2-10,15,22H,11-14H2,1H3,(H,23,27). The Morgan fingerprint density at radius 3 is 2.61 bits per heavy atom. The first kappa shape index (κ1) is 18.5. The number of nitrogens with one attached hydrogen (secondary N) is 2. The molecule has 2 N–H and O–H groups in total. The molecule has 1 amide bonds. The zero-order valence-corrected chi connectivity index (χ0v) is 16.6. The number of piperazine rings is 1. The summed E-state index contributed by atoms with van der Waals surface area (Å²) in [7, 11) is 1.95. The number of carbonyl (C=O) groups is 1. The summed E-state index contributed by atoms with van der Waals surface area (Å²) >= 11 is 1.46. The third kappa shape index (κ3) is 4.00. The van der Waals surface area contributed by atoms with Crippen molar-refractivity contribution < 1.29 is 4.79 Å². The molecular formula is C21H23N5OS. The van der Waals surface area contributed by atoms with Crippen LogP contribution in [0.2, 0.25) is 0 Å². The third-order valence-corrected chi connectivity index (χ3v) is 5.68. The molecule has 0 aliphatic carbocycles. The fraction of sp³-hybridized carbons (Fsp3) is 0.238. The fourth-order valence-electron chi connectivity index (χ4n) is 3.23. The van der Waals surface area contributed by atoms with Crippen LogP contribution in [0.25, 0.3) is 0 Å². The molecule has 0 bridgehead atoms. The van der Waals surface area contributed by atoms with E-state index in [9.17, 15) is 4.79 Å². The van der Waals surface area contributed by atoms with E-state index in [1.807, 2.05) is 60.5 Å². The lowest BCUT2D eigenvalue weighted by atomic mass is 10.2. The molecule has 4 rings (SSSR count). The second kappa shape index (κ2) is 8.41. The highest BCUT2D eigenvalue weighted by Crippen LogP contribution is 2.29. The van der Waals surface area contributed by atoms with E-state index in [1.54, 1.807) is 5.38 Å². The van der Waals surface area contributed by atoms with Crippen LogP contribution in [-0.2, 0) is 0 Å². The van der Waals surface area contributed by atoms with Crippen molar-refractivity contribution in [2.75, 3.05) is 48.3 Å². The maximum absolute atomic E-state index is 12.8. The van der Waals surface area contributed by atoms with Crippen LogP contribution in [0.4, 0.5) is 22.2 Å². The van der Waals surface area contributed by atoms with Crippen molar-refractivity contribution in [2.24, 2.45) is 0 Å². The van der Waals surface area contributed by atoms with Crippen molar-refractivity contribution in [2.45, 2.75) is 0 Å². The predicted molar refractivity (Wildman–Crippen MR) is 116 cm³/mol. The van der Waals surface area contributed by atoms with E-state index < -0.39 is 0 Å². The Labute approximate surface area is 168 Å². The molecule has 1 aliphatic heterocycles. The molecule has 7 heteroatoms. The van der Waals surface area contributed by atoms with Gasteiger partial charge in [-0.1, -0.05) is 30.3 Å². The van der Waals surface area contributed by atoms with Gasteiger partial charge in [-0.25, -0.2) is 4.98 Å². The molecule has 0 unspecified atom stereocenters. The summed E-state index contributed by atoms with van der Waals surface area (Å²) in [6.45, 7) is 3.75. The lowest BCUT2D eigenvalue weighted by Crippen LogP contribution is -2.43. The zero-order valence-electron chi connectivity index (χ0n) is 15.8. The average molecular weight is 394 g/mol. The molecule has 1 aromatic heterocycles. The largest absolute Gasteiger partial charge is 0.367 e. The number of carbonyl (C=O) groups excluding carboxylic acids is 1. The number of thiazole rings is 1. The third-order valence-electron chi connectivity index (χ3n) is 4.77. The van der Waals surface area contributed by atoms with Gasteiger partial charge >= 0.3 is 0 Å². The number of rotatable bonds is 5. The summed E-state index contributed by atoms with van der Waals surface area (Å²) in [4.78, 5) is 21.6. The molecule has 0 spiro atoms. The van der Waals surface area contributed by atoms with Gasteiger partial charge in [-0.3, -0.25) is 4.79 Å². The van der Waals surface area contributed by atoms with Crippen LogP contribution >= 0.6 is 11.3 Å². The summed E-state index contributed by atoms with van der Waals surface area (Å²) in [5, 5.41) is 8.98. The predicted octanol–water partition coefficient (Wildman–Crippen LogP) is 3.57. The first-order valence-electron chi connectivity index (χ1n) is 9.33. The number of aromatic nitrogens is 1. The minimum Gasteiger partial charge on any atom is -0.367 e. The van der Waals surface area contributed by atoms with Crippen molar-refractivity contribution in [3.05, 3.63) is 65.7 Å². The van der Waals surface area contributed by atoms with E-state index in [2.05, 4.69) is 26.6 Å². The second-order valence-electron chi connectivity index (χ2n) is 6.62. The van der Waals surface area contributed by atoms with Crippen LogP contribution in [0.5, 0.6) is 0 Å². The van der Waals surface area contributed by atoms with E-state index in [4.69, 9.17) is 0 Å². The van der Waals surface area contributed by atoms with Crippen LogP contribution in [0.3, 0.4) is 0 Å². The van der Waals surface area contributed by atoms with Gasteiger partial charge in [-0.15, -0.1) is 11.3 Å². The van der Waals surface area contributed by atoms with Gasteiger partial charge in [0.25, 0.3) is 5.91 Å². The number of hydrogen-bond donors (Lipinski definition) is 2. The average Bonchev–Trinajstić information content (AvgIpc) is 3.25. The Hall–Kier alpha value is -2.90. The van der Waals surface area contributed by atoms with Crippen LogP contribution in [0, 0.1) is 0 Å². The van der Waals surface area contributed by atoms with E-state index in [1.165, 1.54) is 11.3 Å². The number of para-hydroxylation sites is 3. The van der Waals surface area contributed by atoms with Crippen molar-refractivity contribution in [1.82, 2.24) is 10.3 Å². The van der Waals surface area contributed by atoms with Gasteiger partial charge in [-0.05, 0) is 24.3 Å². The van der Waals surface area contributed by atoms with E-state index in [0.717, 1.165) is 48.4 Å². The molecule has 1 aliphatic rings. The Bertz CT molecular complexity index is 937. The first-order chi connectivity index (χ1) is 13.7. The number of anilines is 4. The Balaban J connectivity index is 1.50. The van der Waals surface area contributed by atoms with E-state index in [0.29, 0.717) is 5.69 Å². The molecule has 0 saturated carbocycles. The highest BCUT2D eigenvalue weighted by Gasteiger charge is 2.18. The normalized spacial score (nSPS) is 14.0. The van der Waals surface area contributed by atoms with Crippen LogP contribution < -0.4 is 20.4 Å². The molecule has 1 saturated heterocycles. The van der Waals surface area contributed by atoms with Gasteiger partial charge in [0.15, 0.2) is 5.13 Å². The van der Waals surface area contributed by atoms with Gasteiger partial charge < -0.3 is 20.4 Å². The molecule has 6 nitrogen and oxygen atoms in total. The summed E-state index contributed by atoms with van der Waals surface area (Å²) in [5.74, 6) is -0.188. The number of hydrogen-bond acceptors (Lipinski definition) is 6. The minimum absolute atomic E-state index is 0.188. The smallest absolute Gasteiger partial charge is 0.275 e. The van der Waals surface area contributed by atoms with Crippen molar-refractivity contribution in [3.63, 3.8) is 0 Å². The van der Waals surface area contributed by atoms with Gasteiger partial charge in [0, 0.05) is 44.3 Å². The number of amides is 1. The molecule has 0 atom stereocenters. The monoisotopic (exact) mass is 393 g/mol. The zero-order chi connectivity index (χ0) is 19.3.